The van der Waals surface area contributed by atoms with Gasteiger partial charge >= 0.3 is 0 Å². The predicted molar refractivity (Wildman–Crippen MR) is 162 cm³/mol. The smallest absolute Gasteiger partial charge is 0.261 e. The van der Waals surface area contributed by atoms with Gasteiger partial charge in [-0.3, -0.25) is 19.2 Å². The first-order valence-corrected chi connectivity index (χ1v) is 15.1. The van der Waals surface area contributed by atoms with Crippen LogP contribution in [-0.4, -0.2) is 61.0 Å². The Morgan fingerprint density at radius 1 is 0.860 bits per heavy atom. The van der Waals surface area contributed by atoms with E-state index in [0.717, 1.165) is 23.5 Å². The summed E-state index contributed by atoms with van der Waals surface area (Å²) in [5, 5.41) is -0.793. The Kier molecular flexibility index (Phi) is 7.02. The van der Waals surface area contributed by atoms with Crippen LogP contribution in [0.25, 0.3) is 4.85 Å². The molecule has 3 aliphatic rings. The van der Waals surface area contributed by atoms with Gasteiger partial charge in [-0.15, -0.1) is 0 Å². The summed E-state index contributed by atoms with van der Waals surface area (Å²) in [6, 6.07) is 21.3. The first-order chi connectivity index (χ1) is 20.5. The molecule has 0 aliphatic carbocycles. The van der Waals surface area contributed by atoms with Gasteiger partial charge < -0.3 is 24.1 Å². The number of piperazine rings is 1. The number of ether oxygens (including phenoxy) is 2. The maximum atomic E-state index is 14.9. The van der Waals surface area contributed by atoms with E-state index >= 15 is 0 Å². The second-order valence-electron chi connectivity index (χ2n) is 11.0. The molecule has 2 saturated heterocycles. The number of carbonyl (C=O) groups excluding carboxylic acids is 4. The van der Waals surface area contributed by atoms with Crippen LogP contribution in [0.1, 0.15) is 52.6 Å². The minimum Gasteiger partial charge on any atom is -0.454 e. The van der Waals surface area contributed by atoms with Crippen LogP contribution in [0.2, 0.25) is 0 Å². The maximum absolute atomic E-state index is 14.9. The van der Waals surface area contributed by atoms with Gasteiger partial charge in [-0.05, 0) is 48.1 Å². The standard InChI is InChI=1S/C32H27N3O6S2/c1-30(33-3)18-32(43-27(37)21-13-9-6-10-14-21)29(39)34(4)31(2,42-26(36)20-11-7-5-8-12-20)28(38)35(32)25(30)22-15-16-23-24(17-22)41-19-40-23/h5-17,25H,18-19H2,1-2,4H3/t25?,30-,31-,32-/m0/s1. The fraction of sp³-hybridized carbons (Fsp3) is 0.281. The van der Waals surface area contributed by atoms with E-state index in [1.54, 1.807) is 85.8 Å². The van der Waals surface area contributed by atoms with E-state index in [-0.39, 0.29) is 18.3 Å². The van der Waals surface area contributed by atoms with E-state index in [9.17, 15) is 19.2 Å². The Bertz CT molecular complexity index is 1700. The predicted octanol–water partition coefficient (Wildman–Crippen LogP) is 5.40. The molecule has 43 heavy (non-hydrogen) atoms. The summed E-state index contributed by atoms with van der Waals surface area (Å²) >= 11 is 1.49. The summed E-state index contributed by atoms with van der Waals surface area (Å²) in [7, 11) is 1.47. The van der Waals surface area contributed by atoms with Crippen molar-refractivity contribution >= 4 is 45.6 Å². The molecule has 3 aromatic carbocycles. The lowest BCUT2D eigenvalue weighted by molar-refractivity contribution is -0.163. The third kappa shape index (κ3) is 4.48. The fourth-order valence-electron chi connectivity index (χ4n) is 5.97. The Hall–Kier alpha value is -4.27. The van der Waals surface area contributed by atoms with Crippen LogP contribution in [0.4, 0.5) is 0 Å². The Balaban J connectivity index is 1.51. The zero-order valence-electron chi connectivity index (χ0n) is 23.6. The van der Waals surface area contributed by atoms with Crippen molar-refractivity contribution in [3.63, 3.8) is 0 Å². The number of rotatable bonds is 5. The third-order valence-electron chi connectivity index (χ3n) is 8.27. The first kappa shape index (κ1) is 28.8. The van der Waals surface area contributed by atoms with Gasteiger partial charge in [0.05, 0.1) is 6.42 Å². The van der Waals surface area contributed by atoms with E-state index < -0.39 is 38.3 Å². The van der Waals surface area contributed by atoms with E-state index in [2.05, 4.69) is 4.85 Å². The molecule has 4 atom stereocenters. The maximum Gasteiger partial charge on any atom is 0.261 e. The number of thioether (sulfide) groups is 2. The molecule has 0 spiro atoms. The summed E-state index contributed by atoms with van der Waals surface area (Å²) in [6.07, 6.45) is -0.103. The molecule has 0 bridgehead atoms. The summed E-state index contributed by atoms with van der Waals surface area (Å²) in [5.41, 5.74) is 0.00329. The number of hydrogen-bond acceptors (Lipinski definition) is 8. The van der Waals surface area contributed by atoms with Crippen LogP contribution in [0.15, 0.2) is 78.9 Å². The molecule has 1 unspecified atom stereocenters. The molecule has 6 rings (SSSR count). The highest BCUT2D eigenvalue weighted by molar-refractivity contribution is 8.16. The van der Waals surface area contributed by atoms with Crippen molar-refractivity contribution in [2.24, 2.45) is 0 Å². The molecule has 218 valence electrons. The minimum atomic E-state index is -1.74. The number of fused-ring (bicyclic) bond motifs is 2. The number of amides is 2. The molecule has 3 heterocycles. The summed E-state index contributed by atoms with van der Waals surface area (Å²) in [5.74, 6) is -0.0944. The lowest BCUT2D eigenvalue weighted by Gasteiger charge is -2.52. The molecule has 3 aromatic rings. The van der Waals surface area contributed by atoms with Crippen molar-refractivity contribution < 1.29 is 28.7 Å². The highest BCUT2D eigenvalue weighted by Crippen LogP contribution is 2.61. The highest BCUT2D eigenvalue weighted by Gasteiger charge is 2.74. The van der Waals surface area contributed by atoms with E-state index in [0.29, 0.717) is 28.2 Å². The normalized spacial score (nSPS) is 27.5. The summed E-state index contributed by atoms with van der Waals surface area (Å²) in [4.78, 5) is 59.9. The Morgan fingerprint density at radius 3 is 2.05 bits per heavy atom. The molecular weight excluding hydrogens is 587 g/mol. The minimum absolute atomic E-state index is 0.0388. The first-order valence-electron chi connectivity index (χ1n) is 13.5. The Morgan fingerprint density at radius 2 is 1.44 bits per heavy atom. The van der Waals surface area contributed by atoms with Gasteiger partial charge in [0.25, 0.3) is 17.4 Å². The van der Waals surface area contributed by atoms with Gasteiger partial charge in [0.1, 0.15) is 6.04 Å². The van der Waals surface area contributed by atoms with Crippen molar-refractivity contribution in [3.8, 4) is 11.5 Å². The molecule has 0 N–H and O–H groups in total. The molecule has 9 nitrogen and oxygen atoms in total. The second kappa shape index (κ2) is 10.5. The number of likely N-dealkylation sites (N-methyl/N-ethyl adjacent to an activating group) is 1. The van der Waals surface area contributed by atoms with Crippen LogP contribution in [0, 0.1) is 6.57 Å². The highest BCUT2D eigenvalue weighted by atomic mass is 32.2. The molecule has 0 aromatic heterocycles. The number of hydrogen-bond donors (Lipinski definition) is 0. The molecule has 0 radical (unpaired) electrons. The molecule has 2 fully saturated rings. The van der Waals surface area contributed by atoms with Gasteiger partial charge in [-0.2, -0.15) is 0 Å². The van der Waals surface area contributed by atoms with Crippen LogP contribution < -0.4 is 9.47 Å². The van der Waals surface area contributed by atoms with Crippen molar-refractivity contribution in [1.82, 2.24) is 9.80 Å². The third-order valence-corrected chi connectivity index (χ3v) is 10.8. The van der Waals surface area contributed by atoms with Crippen molar-refractivity contribution in [3.05, 3.63) is 107 Å². The van der Waals surface area contributed by atoms with E-state index in [4.69, 9.17) is 16.0 Å². The average Bonchev–Trinajstić information content (AvgIpc) is 3.60. The number of carbonyl (C=O) groups is 4. The zero-order chi connectivity index (χ0) is 30.6. The van der Waals surface area contributed by atoms with Crippen LogP contribution in [0.3, 0.4) is 0 Å². The van der Waals surface area contributed by atoms with Crippen LogP contribution in [0.5, 0.6) is 11.5 Å². The second-order valence-corrected chi connectivity index (χ2v) is 13.6. The van der Waals surface area contributed by atoms with Gasteiger partial charge in [0, 0.05) is 25.1 Å². The molecule has 0 saturated carbocycles. The van der Waals surface area contributed by atoms with Crippen molar-refractivity contribution in [2.45, 2.75) is 41.6 Å². The van der Waals surface area contributed by atoms with Gasteiger partial charge in [0.2, 0.25) is 17.0 Å². The van der Waals surface area contributed by atoms with Crippen molar-refractivity contribution in [1.29, 1.82) is 0 Å². The van der Waals surface area contributed by atoms with Crippen molar-refractivity contribution in [2.75, 3.05) is 13.8 Å². The molecular formula is C32H27N3O6S2. The molecule has 2 amide bonds. The number of nitrogens with zero attached hydrogens (tertiary/aromatic N) is 3. The monoisotopic (exact) mass is 613 g/mol. The van der Waals surface area contributed by atoms with Crippen LogP contribution in [-0.2, 0) is 9.59 Å². The lowest BCUT2D eigenvalue weighted by Crippen LogP contribution is -2.71. The average molecular weight is 614 g/mol. The summed E-state index contributed by atoms with van der Waals surface area (Å²) in [6.45, 7) is 11.5. The molecule has 11 heteroatoms. The van der Waals surface area contributed by atoms with E-state index in [1.165, 1.54) is 23.8 Å². The van der Waals surface area contributed by atoms with Gasteiger partial charge in [0.15, 0.2) is 21.2 Å². The van der Waals surface area contributed by atoms with E-state index in [1.807, 2.05) is 0 Å². The zero-order valence-corrected chi connectivity index (χ0v) is 25.2. The quantitative estimate of drug-likeness (QED) is 0.353. The summed E-state index contributed by atoms with van der Waals surface area (Å²) < 4.78 is 11.1. The Labute approximate surface area is 257 Å². The van der Waals surface area contributed by atoms with Gasteiger partial charge in [-0.1, -0.05) is 66.7 Å². The number of benzene rings is 3. The fourth-order valence-corrected chi connectivity index (χ4v) is 8.43. The van der Waals surface area contributed by atoms with Crippen LogP contribution >= 0.6 is 23.5 Å². The topological polar surface area (TPSA) is 97.6 Å². The van der Waals surface area contributed by atoms with Gasteiger partial charge in [-0.25, -0.2) is 6.57 Å². The SMILES string of the molecule is [C-]#[N+][C@@]1(C)C[C@]2(SC(=O)c3ccccc3)C(=O)N(C)[C@@](C)(SC(=O)c3ccccc3)C(=O)N2C1c1ccc2c(c1)OCO2. The lowest BCUT2D eigenvalue weighted by atomic mass is 9.87. The molecule has 3 aliphatic heterocycles. The largest absolute Gasteiger partial charge is 0.454 e.